The average molecular weight is 350 g/mol. The number of fused-ring (bicyclic) bond motifs is 2. The van der Waals surface area contributed by atoms with Gasteiger partial charge in [-0.15, -0.1) is 0 Å². The fourth-order valence-corrected chi connectivity index (χ4v) is 5.29. The van der Waals surface area contributed by atoms with Gasteiger partial charge in [-0.25, -0.2) is 9.78 Å². The van der Waals surface area contributed by atoms with Gasteiger partial charge >= 0.3 is 6.03 Å². The highest BCUT2D eigenvalue weighted by molar-refractivity contribution is 5.77. The van der Waals surface area contributed by atoms with E-state index in [1.54, 1.807) is 0 Å². The number of hydrogen-bond donors (Lipinski definition) is 1. The lowest BCUT2D eigenvalue weighted by Gasteiger charge is -2.40. The summed E-state index contributed by atoms with van der Waals surface area (Å²) in [6.45, 7) is 4.36. The largest absolute Gasteiger partial charge is 0.331 e. The van der Waals surface area contributed by atoms with Crippen molar-refractivity contribution in [2.24, 2.45) is 30.7 Å². The number of amides is 2. The molecule has 2 bridgehead atoms. The van der Waals surface area contributed by atoms with Crippen LogP contribution in [0.4, 0.5) is 4.79 Å². The van der Waals surface area contributed by atoms with Gasteiger partial charge in [-0.3, -0.25) is 0 Å². The third-order valence-corrected chi connectivity index (χ3v) is 6.76. The van der Waals surface area contributed by atoms with Crippen LogP contribution < -0.4 is 5.32 Å². The fourth-order valence-electron chi connectivity index (χ4n) is 5.29. The summed E-state index contributed by atoms with van der Waals surface area (Å²) >= 11 is 0. The maximum absolute atomic E-state index is 12.7. The molecule has 2 fully saturated rings. The van der Waals surface area contributed by atoms with Crippen LogP contribution >= 0.6 is 0 Å². The predicted molar refractivity (Wildman–Crippen MR) is 102 cm³/mol. The molecule has 4 atom stereocenters. The van der Waals surface area contributed by atoms with E-state index in [1.165, 1.54) is 18.4 Å². The van der Waals surface area contributed by atoms with Crippen LogP contribution in [0.5, 0.6) is 0 Å². The minimum Gasteiger partial charge on any atom is -0.331 e. The van der Waals surface area contributed by atoms with Crippen LogP contribution in [0.15, 0.2) is 30.4 Å². The minimum absolute atomic E-state index is 0.0574. The lowest BCUT2D eigenvalue weighted by molar-refractivity contribution is 0.169. The number of nitrogens with one attached hydrogen (secondary N) is 1. The van der Waals surface area contributed by atoms with Crippen molar-refractivity contribution in [1.29, 1.82) is 0 Å². The van der Waals surface area contributed by atoms with Crippen molar-refractivity contribution < 1.29 is 4.79 Å². The number of carbonyl (C=O) groups excluding carboxylic acids is 1. The van der Waals surface area contributed by atoms with Gasteiger partial charge in [0, 0.05) is 20.1 Å². The zero-order valence-corrected chi connectivity index (χ0v) is 15.5. The molecule has 26 heavy (non-hydrogen) atoms. The van der Waals surface area contributed by atoms with Crippen molar-refractivity contribution in [3.05, 3.63) is 41.7 Å². The Labute approximate surface area is 154 Å². The summed E-state index contributed by atoms with van der Waals surface area (Å²) in [6, 6.07) is 6.34. The van der Waals surface area contributed by atoms with E-state index < -0.39 is 0 Å². The van der Waals surface area contributed by atoms with Crippen LogP contribution in [0.1, 0.15) is 24.2 Å². The molecule has 1 aromatic heterocycles. The number of aryl methyl sites for hydroxylation is 2. The molecule has 2 heterocycles. The number of nitrogens with zero attached hydrogens (tertiary/aromatic N) is 3. The Bertz CT molecular complexity index is 877. The first-order valence-electron chi connectivity index (χ1n) is 9.73. The second-order valence-corrected chi connectivity index (χ2v) is 8.26. The first kappa shape index (κ1) is 15.9. The summed E-state index contributed by atoms with van der Waals surface area (Å²) in [4.78, 5) is 19.5. The highest BCUT2D eigenvalue weighted by Gasteiger charge is 2.46. The fraction of sp³-hybridized carbons (Fsp3) is 0.524. The molecule has 3 aliphatic carbocycles. The summed E-state index contributed by atoms with van der Waals surface area (Å²) in [5.74, 6) is 3.61. The Kier molecular flexibility index (Phi) is 3.59. The summed E-state index contributed by atoms with van der Waals surface area (Å²) in [5, 5.41) is 3.10. The number of aromatic nitrogens is 2. The van der Waals surface area contributed by atoms with E-state index in [0.29, 0.717) is 30.2 Å². The zero-order chi connectivity index (χ0) is 17.8. The molecule has 1 aromatic carbocycles. The number of likely N-dealkylation sites (tertiary alicyclic amines) is 1. The second kappa shape index (κ2) is 5.86. The van der Waals surface area contributed by atoms with Crippen molar-refractivity contribution in [3.63, 3.8) is 0 Å². The molecule has 2 amide bonds. The predicted octanol–water partition coefficient (Wildman–Crippen LogP) is 3.24. The minimum atomic E-state index is 0.0574. The zero-order valence-electron chi connectivity index (χ0n) is 15.5. The summed E-state index contributed by atoms with van der Waals surface area (Å²) in [5.41, 5.74) is 3.30. The van der Waals surface area contributed by atoms with E-state index in [9.17, 15) is 4.79 Å². The number of allylic oxidation sites excluding steroid dienone is 2. The molecule has 1 N–H and O–H groups in total. The number of carbonyl (C=O) groups is 1. The maximum Gasteiger partial charge on any atom is 0.317 e. The van der Waals surface area contributed by atoms with Gasteiger partial charge in [-0.2, -0.15) is 0 Å². The Morgan fingerprint density at radius 3 is 2.54 bits per heavy atom. The van der Waals surface area contributed by atoms with E-state index in [1.807, 2.05) is 11.9 Å². The van der Waals surface area contributed by atoms with Crippen LogP contribution in [0, 0.1) is 30.6 Å². The maximum atomic E-state index is 12.7. The van der Waals surface area contributed by atoms with Gasteiger partial charge in [0.1, 0.15) is 5.82 Å². The highest BCUT2D eigenvalue weighted by Crippen LogP contribution is 2.48. The molecular weight excluding hydrogens is 324 g/mol. The second-order valence-electron chi connectivity index (χ2n) is 8.26. The molecule has 0 spiro atoms. The molecule has 4 unspecified atom stereocenters. The number of rotatable bonds is 2. The van der Waals surface area contributed by atoms with Gasteiger partial charge in [-0.05, 0) is 61.1 Å². The Balaban J connectivity index is 1.27. The van der Waals surface area contributed by atoms with Crippen LogP contribution in [0.25, 0.3) is 11.0 Å². The summed E-state index contributed by atoms with van der Waals surface area (Å²) in [7, 11) is 2.01. The highest BCUT2D eigenvalue weighted by atomic mass is 16.2. The molecule has 5 heteroatoms. The van der Waals surface area contributed by atoms with Crippen LogP contribution in [0.2, 0.25) is 0 Å². The normalized spacial score (nSPS) is 29.4. The van der Waals surface area contributed by atoms with E-state index in [4.69, 9.17) is 4.98 Å². The van der Waals surface area contributed by atoms with Crippen LogP contribution in [-0.2, 0) is 13.6 Å². The SMILES string of the molecule is Cc1ccc2c(c1)nc(CNC(=O)N1CC3C4C=CC(CC4)C3C1)n2C. The van der Waals surface area contributed by atoms with Gasteiger partial charge in [0.15, 0.2) is 0 Å². The molecule has 4 aliphatic rings. The number of benzene rings is 1. The number of hydrogen-bond acceptors (Lipinski definition) is 2. The van der Waals surface area contributed by atoms with Gasteiger partial charge in [-0.1, -0.05) is 18.2 Å². The van der Waals surface area contributed by atoms with Gasteiger partial charge in [0.05, 0.1) is 17.6 Å². The molecule has 5 nitrogen and oxygen atoms in total. The molecule has 2 aromatic rings. The van der Waals surface area contributed by atoms with Gasteiger partial charge < -0.3 is 14.8 Å². The first-order valence-corrected chi connectivity index (χ1v) is 9.73. The van der Waals surface area contributed by atoms with E-state index >= 15 is 0 Å². The summed E-state index contributed by atoms with van der Waals surface area (Å²) < 4.78 is 2.07. The van der Waals surface area contributed by atoms with Crippen molar-refractivity contribution >= 4 is 17.1 Å². The number of urea groups is 1. The van der Waals surface area contributed by atoms with Crippen molar-refractivity contribution in [1.82, 2.24) is 19.8 Å². The van der Waals surface area contributed by atoms with Crippen LogP contribution in [0.3, 0.4) is 0 Å². The molecular formula is C21H26N4O. The standard InChI is InChI=1S/C21H26N4O/c1-13-3-8-19-18(9-13)23-20(24(19)2)10-22-21(26)25-11-16-14-4-5-15(7-6-14)17(16)12-25/h3-5,8-9,14-17H,6-7,10-12H2,1-2H3,(H,22,26). The smallest absolute Gasteiger partial charge is 0.317 e. The van der Waals surface area contributed by atoms with E-state index in [2.05, 4.69) is 47.2 Å². The van der Waals surface area contributed by atoms with Gasteiger partial charge in [0.25, 0.3) is 0 Å². The molecule has 1 saturated heterocycles. The molecule has 0 radical (unpaired) electrons. The lowest BCUT2D eigenvalue weighted by atomic mass is 9.64. The van der Waals surface area contributed by atoms with Crippen LogP contribution in [-0.4, -0.2) is 33.6 Å². The Hall–Kier alpha value is -2.30. The van der Waals surface area contributed by atoms with Crippen molar-refractivity contribution in [3.8, 4) is 0 Å². The average Bonchev–Trinajstić information content (AvgIpc) is 3.24. The van der Waals surface area contributed by atoms with Crippen molar-refractivity contribution in [2.45, 2.75) is 26.3 Å². The summed E-state index contributed by atoms with van der Waals surface area (Å²) in [6.07, 6.45) is 7.41. The molecule has 136 valence electrons. The topological polar surface area (TPSA) is 50.2 Å². The Morgan fingerprint density at radius 1 is 1.19 bits per heavy atom. The molecule has 6 rings (SSSR count). The quantitative estimate of drug-likeness (QED) is 0.846. The van der Waals surface area contributed by atoms with Gasteiger partial charge in [0.2, 0.25) is 0 Å². The number of imidazole rings is 1. The van der Waals surface area contributed by atoms with Crippen molar-refractivity contribution in [2.75, 3.05) is 13.1 Å². The molecule has 1 aliphatic heterocycles. The van der Waals surface area contributed by atoms with E-state index in [0.717, 1.165) is 29.9 Å². The first-order chi connectivity index (χ1) is 12.6. The molecule has 1 saturated carbocycles. The monoisotopic (exact) mass is 350 g/mol. The third kappa shape index (κ3) is 2.44. The Morgan fingerprint density at radius 2 is 1.88 bits per heavy atom. The lowest BCUT2D eigenvalue weighted by Crippen LogP contribution is -2.39. The third-order valence-electron chi connectivity index (χ3n) is 6.76. The van der Waals surface area contributed by atoms with E-state index in [-0.39, 0.29) is 6.03 Å².